The van der Waals surface area contributed by atoms with Crippen molar-refractivity contribution in [3.05, 3.63) is 49.0 Å². The summed E-state index contributed by atoms with van der Waals surface area (Å²) in [7, 11) is 0. The van der Waals surface area contributed by atoms with Gasteiger partial charge in [-0.1, -0.05) is 13.3 Å². The molecule has 1 aromatic heterocycles. The van der Waals surface area contributed by atoms with Gasteiger partial charge in [-0.2, -0.15) is 0 Å². The first kappa shape index (κ1) is 14.4. The van der Waals surface area contributed by atoms with E-state index in [-0.39, 0.29) is 11.4 Å². The average molecular weight is 390 g/mol. The van der Waals surface area contributed by atoms with Gasteiger partial charge < -0.3 is 4.98 Å². The number of hydrogen-bond donors (Lipinski definition) is 1. The lowest BCUT2D eigenvalue weighted by molar-refractivity contribution is 0.621. The maximum Gasteiger partial charge on any atom is 0.265 e. The molecule has 0 radical (unpaired) electrons. The van der Waals surface area contributed by atoms with Gasteiger partial charge in [-0.05, 0) is 56.5 Å². The number of aromatic nitrogens is 2. The molecular formula is C13H11Br2FN2O. The first-order valence-electron chi connectivity index (χ1n) is 5.77. The Kier molecular flexibility index (Phi) is 4.52. The van der Waals surface area contributed by atoms with Crippen molar-refractivity contribution < 1.29 is 4.39 Å². The molecule has 0 fully saturated rings. The largest absolute Gasteiger partial charge is 0.306 e. The summed E-state index contributed by atoms with van der Waals surface area (Å²) in [5.74, 6) is 0.0920. The van der Waals surface area contributed by atoms with E-state index in [1.54, 1.807) is 12.1 Å². The molecule has 0 spiro atoms. The fourth-order valence-electron chi connectivity index (χ4n) is 1.69. The molecule has 19 heavy (non-hydrogen) atoms. The fraction of sp³-hybridized carbons (Fsp3) is 0.231. The molecule has 1 N–H and O–H groups in total. The lowest BCUT2D eigenvalue weighted by atomic mass is 10.2. The van der Waals surface area contributed by atoms with E-state index in [0.717, 1.165) is 6.42 Å². The number of aromatic amines is 1. The molecule has 0 atom stereocenters. The van der Waals surface area contributed by atoms with Gasteiger partial charge in [-0.25, -0.2) is 9.37 Å². The summed E-state index contributed by atoms with van der Waals surface area (Å²) in [4.78, 5) is 18.9. The molecule has 100 valence electrons. The number of rotatable bonds is 3. The summed E-state index contributed by atoms with van der Waals surface area (Å²) in [5.41, 5.74) is 1.14. The van der Waals surface area contributed by atoms with E-state index in [1.165, 1.54) is 6.07 Å². The summed E-state index contributed by atoms with van der Waals surface area (Å²) in [6.07, 6.45) is 1.60. The number of benzene rings is 1. The zero-order chi connectivity index (χ0) is 14.0. The minimum absolute atomic E-state index is 0.228. The molecule has 0 aliphatic carbocycles. The Morgan fingerprint density at radius 1 is 1.37 bits per heavy atom. The summed E-state index contributed by atoms with van der Waals surface area (Å²) in [6.45, 7) is 2.02. The van der Waals surface area contributed by atoms with Gasteiger partial charge in [0.2, 0.25) is 0 Å². The van der Waals surface area contributed by atoms with Crippen LogP contribution in [0.5, 0.6) is 0 Å². The molecule has 0 aliphatic heterocycles. The van der Waals surface area contributed by atoms with E-state index in [4.69, 9.17) is 0 Å². The van der Waals surface area contributed by atoms with Crippen molar-refractivity contribution >= 4 is 31.9 Å². The van der Waals surface area contributed by atoms with Gasteiger partial charge >= 0.3 is 0 Å². The topological polar surface area (TPSA) is 45.8 Å². The first-order valence-corrected chi connectivity index (χ1v) is 7.35. The van der Waals surface area contributed by atoms with Gasteiger partial charge in [0.05, 0.1) is 10.2 Å². The highest BCUT2D eigenvalue weighted by Crippen LogP contribution is 2.23. The van der Waals surface area contributed by atoms with Gasteiger partial charge in [0, 0.05) is 5.56 Å². The Balaban J connectivity index is 2.56. The SMILES string of the molecule is CCCc1nc(-c2ccc(F)c(Br)c2)[nH]c(=O)c1Br. The number of nitrogens with zero attached hydrogens (tertiary/aromatic N) is 1. The van der Waals surface area contributed by atoms with Gasteiger partial charge in [0.15, 0.2) is 0 Å². The third-order valence-electron chi connectivity index (χ3n) is 2.61. The highest BCUT2D eigenvalue weighted by Gasteiger charge is 2.11. The molecule has 0 saturated heterocycles. The number of nitrogens with one attached hydrogen (secondary N) is 1. The minimum Gasteiger partial charge on any atom is -0.306 e. The van der Waals surface area contributed by atoms with Crippen LogP contribution >= 0.6 is 31.9 Å². The van der Waals surface area contributed by atoms with Crippen LogP contribution < -0.4 is 5.56 Å². The second kappa shape index (κ2) is 5.96. The Hall–Kier alpha value is -1.01. The van der Waals surface area contributed by atoms with Crippen LogP contribution in [0.3, 0.4) is 0 Å². The quantitative estimate of drug-likeness (QED) is 0.860. The van der Waals surface area contributed by atoms with E-state index < -0.39 is 0 Å². The van der Waals surface area contributed by atoms with Crippen LogP contribution in [0.15, 0.2) is 31.9 Å². The van der Waals surface area contributed by atoms with Crippen LogP contribution in [0.4, 0.5) is 4.39 Å². The highest BCUT2D eigenvalue weighted by molar-refractivity contribution is 9.10. The second-order valence-corrected chi connectivity index (χ2v) is 5.70. The normalized spacial score (nSPS) is 10.7. The van der Waals surface area contributed by atoms with Gasteiger partial charge in [0.25, 0.3) is 5.56 Å². The van der Waals surface area contributed by atoms with Crippen LogP contribution in [0.25, 0.3) is 11.4 Å². The van der Waals surface area contributed by atoms with Crippen LogP contribution in [-0.4, -0.2) is 9.97 Å². The lowest BCUT2D eigenvalue weighted by Gasteiger charge is -2.06. The summed E-state index contributed by atoms with van der Waals surface area (Å²) < 4.78 is 14.0. The van der Waals surface area contributed by atoms with E-state index >= 15 is 0 Å². The standard InChI is InChI=1S/C13H11Br2FN2O/c1-2-3-10-11(15)13(19)18-12(17-10)7-4-5-9(16)8(14)6-7/h4-6H,2-3H2,1H3,(H,17,18,19). The van der Waals surface area contributed by atoms with Crippen molar-refractivity contribution in [2.45, 2.75) is 19.8 Å². The van der Waals surface area contributed by atoms with Crippen LogP contribution in [0.2, 0.25) is 0 Å². The van der Waals surface area contributed by atoms with Crippen molar-refractivity contribution in [2.24, 2.45) is 0 Å². The van der Waals surface area contributed by atoms with Gasteiger partial charge in [0.1, 0.15) is 16.1 Å². The first-order chi connectivity index (χ1) is 9.02. The number of hydrogen-bond acceptors (Lipinski definition) is 2. The molecule has 2 aromatic rings. The molecule has 0 bridgehead atoms. The highest BCUT2D eigenvalue weighted by atomic mass is 79.9. The Labute approximate surface area is 126 Å². The third kappa shape index (κ3) is 3.12. The Morgan fingerprint density at radius 3 is 2.74 bits per heavy atom. The molecule has 0 amide bonds. The molecule has 6 heteroatoms. The summed E-state index contributed by atoms with van der Waals surface area (Å²) in [6, 6.07) is 4.51. The average Bonchev–Trinajstić information content (AvgIpc) is 2.38. The predicted molar refractivity (Wildman–Crippen MR) is 79.6 cm³/mol. The van der Waals surface area contributed by atoms with Crippen molar-refractivity contribution in [1.29, 1.82) is 0 Å². The van der Waals surface area contributed by atoms with E-state index in [0.29, 0.717) is 32.4 Å². The smallest absolute Gasteiger partial charge is 0.265 e. The zero-order valence-electron chi connectivity index (χ0n) is 10.1. The molecule has 3 nitrogen and oxygen atoms in total. The minimum atomic E-state index is -0.350. The van der Waals surface area contributed by atoms with Crippen molar-refractivity contribution in [1.82, 2.24) is 9.97 Å². The predicted octanol–water partition coefficient (Wildman–Crippen LogP) is 4.05. The van der Waals surface area contributed by atoms with E-state index in [1.807, 2.05) is 6.92 Å². The molecule has 0 unspecified atom stereocenters. The van der Waals surface area contributed by atoms with Crippen LogP contribution in [0.1, 0.15) is 19.0 Å². The Morgan fingerprint density at radius 2 is 2.11 bits per heavy atom. The maximum absolute atomic E-state index is 13.2. The van der Waals surface area contributed by atoms with Gasteiger partial charge in [-0.15, -0.1) is 0 Å². The third-order valence-corrected chi connectivity index (χ3v) is 4.04. The molecular weight excluding hydrogens is 379 g/mol. The van der Waals surface area contributed by atoms with Crippen molar-refractivity contribution in [3.63, 3.8) is 0 Å². The molecule has 1 aromatic carbocycles. The monoisotopic (exact) mass is 388 g/mol. The number of aryl methyl sites for hydroxylation is 1. The lowest BCUT2D eigenvalue weighted by Crippen LogP contribution is -2.13. The van der Waals surface area contributed by atoms with E-state index in [9.17, 15) is 9.18 Å². The Bertz CT molecular complexity index is 670. The van der Waals surface area contributed by atoms with Crippen molar-refractivity contribution in [3.8, 4) is 11.4 Å². The number of halogens is 3. The molecule has 0 aliphatic rings. The van der Waals surface area contributed by atoms with Crippen molar-refractivity contribution in [2.75, 3.05) is 0 Å². The van der Waals surface area contributed by atoms with Crippen LogP contribution in [0, 0.1) is 5.82 Å². The molecule has 2 rings (SSSR count). The second-order valence-electron chi connectivity index (χ2n) is 4.05. The number of H-pyrrole nitrogens is 1. The molecule has 0 saturated carbocycles. The zero-order valence-corrected chi connectivity index (χ0v) is 13.3. The molecule has 1 heterocycles. The van der Waals surface area contributed by atoms with Gasteiger partial charge in [-0.3, -0.25) is 4.79 Å². The maximum atomic E-state index is 13.2. The van der Waals surface area contributed by atoms with E-state index in [2.05, 4.69) is 41.8 Å². The summed E-state index contributed by atoms with van der Waals surface area (Å²) in [5, 5.41) is 0. The van der Waals surface area contributed by atoms with Crippen LogP contribution in [-0.2, 0) is 6.42 Å². The summed E-state index contributed by atoms with van der Waals surface area (Å²) >= 11 is 6.36. The fourth-order valence-corrected chi connectivity index (χ4v) is 2.45.